The van der Waals surface area contributed by atoms with Gasteiger partial charge in [0.25, 0.3) is 0 Å². The van der Waals surface area contributed by atoms with Gasteiger partial charge >= 0.3 is 12.1 Å². The van der Waals surface area contributed by atoms with Gasteiger partial charge in [0.2, 0.25) is 5.88 Å². The van der Waals surface area contributed by atoms with Crippen LogP contribution >= 0.6 is 0 Å². The summed E-state index contributed by atoms with van der Waals surface area (Å²) in [5, 5.41) is 8.71. The van der Waals surface area contributed by atoms with Gasteiger partial charge in [0.1, 0.15) is 18.1 Å². The summed E-state index contributed by atoms with van der Waals surface area (Å²) in [5.41, 5.74) is 3.15. The fourth-order valence-corrected chi connectivity index (χ4v) is 5.02. The van der Waals surface area contributed by atoms with Crippen LogP contribution in [0.4, 0.5) is 4.79 Å². The summed E-state index contributed by atoms with van der Waals surface area (Å²) in [7, 11) is 0. The number of rotatable bonds is 9. The predicted octanol–water partition coefficient (Wildman–Crippen LogP) is 4.80. The van der Waals surface area contributed by atoms with Gasteiger partial charge in [0.15, 0.2) is 6.61 Å². The summed E-state index contributed by atoms with van der Waals surface area (Å²) in [6, 6.07) is 20.9. The van der Waals surface area contributed by atoms with Gasteiger partial charge in [-0.25, -0.2) is 14.6 Å². The van der Waals surface area contributed by atoms with Crippen LogP contribution in [0.25, 0.3) is 0 Å². The summed E-state index contributed by atoms with van der Waals surface area (Å²) in [6.45, 7) is 4.56. The van der Waals surface area contributed by atoms with Crippen molar-refractivity contribution in [1.29, 1.82) is 0 Å². The van der Waals surface area contributed by atoms with Crippen molar-refractivity contribution >= 4 is 12.1 Å². The number of aryl methyl sites for hydroxylation is 1. The Hall–Kier alpha value is -4.11. The number of ether oxygens (including phenoxy) is 3. The zero-order valence-electron chi connectivity index (χ0n) is 21.3. The number of hydrogen-bond donors (Lipinski definition) is 1. The Balaban J connectivity index is 1.14. The van der Waals surface area contributed by atoms with E-state index in [0.29, 0.717) is 24.0 Å². The fourth-order valence-electron chi connectivity index (χ4n) is 5.02. The molecule has 0 saturated carbocycles. The number of amides is 1. The van der Waals surface area contributed by atoms with E-state index in [1.807, 2.05) is 42.2 Å². The van der Waals surface area contributed by atoms with Gasteiger partial charge in [-0.15, -0.1) is 0 Å². The molecule has 9 heteroatoms. The molecule has 0 spiro atoms. The zero-order valence-corrected chi connectivity index (χ0v) is 21.3. The maximum atomic E-state index is 12.6. The highest BCUT2D eigenvalue weighted by Crippen LogP contribution is 2.33. The van der Waals surface area contributed by atoms with E-state index < -0.39 is 5.97 Å². The third-order valence-corrected chi connectivity index (χ3v) is 7.02. The Bertz CT molecular complexity index is 1260. The molecular formula is C29H31N3O6. The van der Waals surface area contributed by atoms with Crippen molar-refractivity contribution in [3.05, 3.63) is 83.6 Å². The van der Waals surface area contributed by atoms with Gasteiger partial charge in [-0.1, -0.05) is 36.4 Å². The van der Waals surface area contributed by atoms with Crippen LogP contribution in [-0.4, -0.2) is 64.3 Å². The van der Waals surface area contributed by atoms with Crippen LogP contribution in [-0.2, 0) is 16.1 Å². The largest absolute Gasteiger partial charge is 0.482 e. The predicted molar refractivity (Wildman–Crippen MR) is 139 cm³/mol. The molecule has 9 nitrogen and oxygen atoms in total. The van der Waals surface area contributed by atoms with Crippen molar-refractivity contribution < 1.29 is 28.9 Å². The fraction of sp³-hybridized carbons (Fsp3) is 0.345. The van der Waals surface area contributed by atoms with Crippen molar-refractivity contribution in [2.45, 2.75) is 38.4 Å². The number of carbonyl (C=O) groups is 2. The summed E-state index contributed by atoms with van der Waals surface area (Å²) in [6.07, 6.45) is 1.59. The number of carbonyl (C=O) groups excluding carboxylic acids is 1. The molecule has 3 aromatic rings. The van der Waals surface area contributed by atoms with Crippen LogP contribution in [0.2, 0.25) is 0 Å². The molecule has 38 heavy (non-hydrogen) atoms. The molecule has 0 aliphatic carbocycles. The average Bonchev–Trinajstić information content (AvgIpc) is 3.32. The Labute approximate surface area is 221 Å². The summed E-state index contributed by atoms with van der Waals surface area (Å²) in [5.74, 6) is 0.509. The van der Waals surface area contributed by atoms with Crippen molar-refractivity contribution in [1.82, 2.24) is 14.8 Å². The van der Waals surface area contributed by atoms with E-state index >= 15 is 0 Å². The first-order valence-corrected chi connectivity index (χ1v) is 12.8. The van der Waals surface area contributed by atoms with Crippen molar-refractivity contribution in [3.8, 4) is 17.4 Å². The van der Waals surface area contributed by atoms with Crippen molar-refractivity contribution in [2.75, 3.05) is 26.3 Å². The van der Waals surface area contributed by atoms with E-state index in [9.17, 15) is 9.59 Å². The highest BCUT2D eigenvalue weighted by atomic mass is 16.6. The lowest BCUT2D eigenvalue weighted by Gasteiger charge is -2.38. The molecule has 2 aromatic carbocycles. The van der Waals surface area contributed by atoms with Gasteiger partial charge in [-0.05, 0) is 55.2 Å². The number of hydrogen-bond acceptors (Lipinski definition) is 7. The molecule has 0 bridgehead atoms. The molecule has 1 amide bonds. The number of carboxylic acids is 1. The van der Waals surface area contributed by atoms with Crippen LogP contribution in [0.3, 0.4) is 0 Å². The van der Waals surface area contributed by atoms with Gasteiger partial charge < -0.3 is 19.3 Å². The first-order chi connectivity index (χ1) is 18.5. The summed E-state index contributed by atoms with van der Waals surface area (Å²) >= 11 is 0. The number of cyclic esters (lactones) is 1. The number of nitrogens with zero attached hydrogens (tertiary/aromatic N) is 3. The standard InChI is InChI=1S/C29H31N3O6/c1-20-22(7-12-27(30-20)38-25-10-8-24(9-11-25)36-19-28(33)34)17-31-15-13-23(14-16-31)32-26(18-37-29(32)35)21-5-3-2-4-6-21/h2-12,23,26H,13-19H2,1H3,(H,33,34)/t26-/m0/s1. The second kappa shape index (κ2) is 11.5. The molecule has 2 aliphatic heterocycles. The number of aromatic nitrogens is 1. The second-order valence-electron chi connectivity index (χ2n) is 9.57. The van der Waals surface area contributed by atoms with E-state index in [4.69, 9.17) is 19.3 Å². The zero-order chi connectivity index (χ0) is 26.5. The lowest BCUT2D eigenvalue weighted by molar-refractivity contribution is -0.139. The third kappa shape index (κ3) is 6.06. The first kappa shape index (κ1) is 25.5. The molecule has 1 atom stereocenters. The quantitative estimate of drug-likeness (QED) is 0.432. The molecule has 3 heterocycles. The van der Waals surface area contributed by atoms with Crippen molar-refractivity contribution in [2.24, 2.45) is 0 Å². The minimum atomic E-state index is -1.03. The minimum Gasteiger partial charge on any atom is -0.482 e. The van der Waals surface area contributed by atoms with Crippen LogP contribution in [0.1, 0.15) is 35.7 Å². The summed E-state index contributed by atoms with van der Waals surface area (Å²) in [4.78, 5) is 32.1. The Morgan fingerprint density at radius 3 is 2.42 bits per heavy atom. The number of piperidine rings is 1. The van der Waals surface area contributed by atoms with E-state index in [2.05, 4.69) is 22.0 Å². The first-order valence-electron chi connectivity index (χ1n) is 12.8. The number of pyridine rings is 1. The number of likely N-dealkylation sites (tertiary alicyclic amines) is 1. The van der Waals surface area contributed by atoms with Gasteiger partial charge in [0.05, 0.1) is 6.04 Å². The molecule has 198 valence electrons. The van der Waals surface area contributed by atoms with Gasteiger partial charge in [-0.2, -0.15) is 0 Å². The minimum absolute atomic E-state index is 0.0206. The average molecular weight is 518 g/mol. The van der Waals surface area contributed by atoms with Crippen molar-refractivity contribution in [3.63, 3.8) is 0 Å². The molecule has 5 rings (SSSR count). The van der Waals surface area contributed by atoms with Crippen LogP contribution in [0, 0.1) is 6.92 Å². The molecule has 1 N–H and O–H groups in total. The Morgan fingerprint density at radius 2 is 1.74 bits per heavy atom. The maximum absolute atomic E-state index is 12.6. The number of benzene rings is 2. The molecule has 1 aromatic heterocycles. The topological polar surface area (TPSA) is 101 Å². The van der Waals surface area contributed by atoms with E-state index in [1.165, 1.54) is 0 Å². The molecule has 0 unspecified atom stereocenters. The summed E-state index contributed by atoms with van der Waals surface area (Å²) < 4.78 is 16.4. The Morgan fingerprint density at radius 1 is 1.03 bits per heavy atom. The third-order valence-electron chi connectivity index (χ3n) is 7.02. The smallest absolute Gasteiger partial charge is 0.410 e. The lowest BCUT2D eigenvalue weighted by Crippen LogP contribution is -2.46. The van der Waals surface area contributed by atoms with Gasteiger partial charge in [0, 0.05) is 37.4 Å². The lowest BCUT2D eigenvalue weighted by atomic mass is 9.98. The monoisotopic (exact) mass is 517 g/mol. The molecule has 2 saturated heterocycles. The van der Waals surface area contributed by atoms with E-state index in [1.54, 1.807) is 24.3 Å². The molecule has 2 fully saturated rings. The Kier molecular flexibility index (Phi) is 7.74. The SMILES string of the molecule is Cc1nc(Oc2ccc(OCC(=O)O)cc2)ccc1CN1CCC(N2C(=O)OC[C@H]2c2ccccc2)CC1. The highest BCUT2D eigenvalue weighted by molar-refractivity contribution is 5.71. The maximum Gasteiger partial charge on any atom is 0.410 e. The molecular weight excluding hydrogens is 486 g/mol. The van der Waals surface area contributed by atoms with Gasteiger partial charge in [-0.3, -0.25) is 9.80 Å². The number of carboxylic acid groups (broad SMARTS) is 1. The van der Waals surface area contributed by atoms with Crippen LogP contribution < -0.4 is 9.47 Å². The molecule has 2 aliphatic rings. The second-order valence-corrected chi connectivity index (χ2v) is 9.57. The molecule has 0 radical (unpaired) electrons. The van der Waals surface area contributed by atoms with E-state index in [0.717, 1.165) is 49.3 Å². The van der Waals surface area contributed by atoms with Crippen LogP contribution in [0.15, 0.2) is 66.7 Å². The van der Waals surface area contributed by atoms with E-state index in [-0.39, 0.29) is 24.8 Å². The number of aliphatic carboxylic acids is 1. The normalized spacial score (nSPS) is 18.3. The van der Waals surface area contributed by atoms with Crippen LogP contribution in [0.5, 0.6) is 17.4 Å². The highest BCUT2D eigenvalue weighted by Gasteiger charge is 2.40.